The maximum atomic E-state index is 12.1. The predicted molar refractivity (Wildman–Crippen MR) is 40.3 cm³/mol. The minimum Gasteiger partial charge on any atom is -0.325 e. The van der Waals surface area contributed by atoms with Crippen molar-refractivity contribution in [2.45, 2.75) is 12.7 Å². The average molecular weight is 215 g/mol. The molecule has 0 aliphatic heterocycles. The Morgan fingerprint density at radius 3 is 2.23 bits per heavy atom. The second-order valence-corrected chi connectivity index (χ2v) is 2.63. The van der Waals surface area contributed by atoms with Gasteiger partial charge in [-0.25, -0.2) is 0 Å². The highest BCUT2D eigenvalue weighted by molar-refractivity contribution is 6.32. The van der Waals surface area contributed by atoms with Gasteiger partial charge in [0.1, 0.15) is 0 Å². The van der Waals surface area contributed by atoms with Crippen molar-refractivity contribution in [2.75, 3.05) is 5.84 Å². The van der Waals surface area contributed by atoms with Crippen molar-refractivity contribution in [3.8, 4) is 0 Å². The molecule has 0 fully saturated rings. The molecule has 1 aromatic rings. The minimum atomic E-state index is -4.61. The van der Waals surface area contributed by atoms with Crippen LogP contribution >= 0.6 is 11.6 Å². The second-order valence-electron chi connectivity index (χ2n) is 2.26. The van der Waals surface area contributed by atoms with Crippen molar-refractivity contribution < 1.29 is 13.2 Å². The summed E-state index contributed by atoms with van der Waals surface area (Å²) in [4.78, 5) is 0.533. The normalized spacial score (nSPS) is 12.1. The predicted octanol–water partition coefficient (Wildman–Crippen LogP) is 0.728. The number of nitrogen functional groups attached to an aromatic ring is 1. The zero-order valence-electron chi connectivity index (χ0n) is 6.27. The van der Waals surface area contributed by atoms with Gasteiger partial charge in [-0.1, -0.05) is 11.6 Å². The van der Waals surface area contributed by atoms with E-state index in [-0.39, 0.29) is 12.2 Å². The molecule has 0 bridgehead atoms. The summed E-state index contributed by atoms with van der Waals surface area (Å²) in [5, 5.41) is 2.47. The average Bonchev–Trinajstić information content (AvgIpc) is 2.25. The molecule has 0 amide bonds. The molecule has 4 nitrogen and oxygen atoms in total. The van der Waals surface area contributed by atoms with E-state index in [1.165, 1.54) is 0 Å². The smallest absolute Gasteiger partial charge is 0.325 e. The summed E-state index contributed by atoms with van der Waals surface area (Å²) in [6.45, 7) is -0.196. The SMILES string of the molecule is NCc1c(Cl)c(C(F)(F)F)nn1N. The third kappa shape index (κ3) is 1.70. The molecule has 8 heteroatoms. The number of nitrogens with zero attached hydrogens (tertiary/aromatic N) is 2. The summed E-state index contributed by atoms with van der Waals surface area (Å²) in [6, 6.07) is 0. The van der Waals surface area contributed by atoms with Gasteiger partial charge in [0.05, 0.1) is 10.7 Å². The lowest BCUT2D eigenvalue weighted by molar-refractivity contribution is -0.141. The molecular formula is C5H6ClF3N4. The fourth-order valence-electron chi connectivity index (χ4n) is 0.814. The molecule has 0 saturated heterocycles. The van der Waals surface area contributed by atoms with Crippen LogP contribution in [0.4, 0.5) is 13.2 Å². The Hall–Kier alpha value is -0.950. The molecule has 13 heavy (non-hydrogen) atoms. The van der Waals surface area contributed by atoms with Gasteiger partial charge in [-0.05, 0) is 0 Å². The van der Waals surface area contributed by atoms with E-state index in [0.29, 0.717) is 4.79 Å². The molecule has 0 aliphatic carbocycles. The fourth-order valence-corrected chi connectivity index (χ4v) is 1.12. The molecule has 1 aromatic heterocycles. The molecule has 1 heterocycles. The van der Waals surface area contributed by atoms with E-state index in [0.717, 1.165) is 0 Å². The second kappa shape index (κ2) is 3.08. The first-order valence-electron chi connectivity index (χ1n) is 3.17. The first kappa shape index (κ1) is 10.1. The molecule has 0 atom stereocenters. The Balaban J connectivity index is 3.26. The van der Waals surface area contributed by atoms with Crippen LogP contribution in [0, 0.1) is 0 Å². The Bertz CT molecular complexity index is 318. The molecule has 0 aliphatic rings. The molecule has 4 N–H and O–H groups in total. The van der Waals surface area contributed by atoms with Crippen LogP contribution in [-0.2, 0) is 12.7 Å². The third-order valence-electron chi connectivity index (χ3n) is 1.41. The lowest BCUT2D eigenvalue weighted by Crippen LogP contribution is -2.17. The summed E-state index contributed by atoms with van der Waals surface area (Å²) in [5.74, 6) is 5.09. The quantitative estimate of drug-likeness (QED) is 0.677. The van der Waals surface area contributed by atoms with E-state index in [2.05, 4.69) is 5.10 Å². The molecule has 0 saturated carbocycles. The van der Waals surface area contributed by atoms with Gasteiger partial charge in [-0.15, -0.1) is 5.10 Å². The van der Waals surface area contributed by atoms with E-state index >= 15 is 0 Å². The fraction of sp³-hybridized carbons (Fsp3) is 0.400. The maximum Gasteiger partial charge on any atom is 0.436 e. The molecule has 0 spiro atoms. The van der Waals surface area contributed by atoms with Crippen LogP contribution in [0.15, 0.2) is 0 Å². The van der Waals surface area contributed by atoms with Crippen molar-refractivity contribution in [1.29, 1.82) is 0 Å². The van der Waals surface area contributed by atoms with Crippen molar-refractivity contribution in [3.05, 3.63) is 16.4 Å². The lowest BCUT2D eigenvalue weighted by atomic mass is 10.3. The third-order valence-corrected chi connectivity index (χ3v) is 1.80. The highest BCUT2D eigenvalue weighted by atomic mass is 35.5. The lowest BCUT2D eigenvalue weighted by Gasteiger charge is -2.00. The number of alkyl halides is 3. The van der Waals surface area contributed by atoms with Gasteiger partial charge < -0.3 is 11.6 Å². The minimum absolute atomic E-state index is 0.0472. The zero-order chi connectivity index (χ0) is 10.2. The van der Waals surface area contributed by atoms with Crippen molar-refractivity contribution in [1.82, 2.24) is 9.89 Å². The number of halogens is 4. The van der Waals surface area contributed by atoms with Crippen molar-refractivity contribution in [3.63, 3.8) is 0 Å². The summed E-state index contributed by atoms with van der Waals surface area (Å²) < 4.78 is 36.4. The van der Waals surface area contributed by atoms with Gasteiger partial charge >= 0.3 is 6.18 Å². The van der Waals surface area contributed by atoms with E-state index in [1.807, 2.05) is 0 Å². The molecule has 0 radical (unpaired) electrons. The Labute approximate surface area is 76.2 Å². The summed E-state index contributed by atoms with van der Waals surface area (Å²) in [5.41, 5.74) is 3.86. The van der Waals surface area contributed by atoms with E-state index < -0.39 is 16.9 Å². The number of hydrogen-bond acceptors (Lipinski definition) is 3. The Morgan fingerprint density at radius 2 is 2.00 bits per heavy atom. The highest BCUT2D eigenvalue weighted by Crippen LogP contribution is 2.34. The molecular weight excluding hydrogens is 209 g/mol. The number of nitrogens with two attached hydrogens (primary N) is 2. The van der Waals surface area contributed by atoms with Crippen LogP contribution in [0.1, 0.15) is 11.4 Å². The van der Waals surface area contributed by atoms with E-state index in [9.17, 15) is 13.2 Å². The monoisotopic (exact) mass is 214 g/mol. The first-order chi connectivity index (χ1) is 5.88. The van der Waals surface area contributed by atoms with Gasteiger partial charge in [-0.3, -0.25) is 0 Å². The molecule has 0 unspecified atom stereocenters. The van der Waals surface area contributed by atoms with Crippen LogP contribution in [0.25, 0.3) is 0 Å². The summed E-state index contributed by atoms with van der Waals surface area (Å²) >= 11 is 5.35. The van der Waals surface area contributed by atoms with Crippen LogP contribution in [0.3, 0.4) is 0 Å². The van der Waals surface area contributed by atoms with Gasteiger partial charge in [0.2, 0.25) is 0 Å². The summed E-state index contributed by atoms with van der Waals surface area (Å²) in [6.07, 6.45) is -4.61. The molecule has 1 rings (SSSR count). The number of rotatable bonds is 1. The number of aromatic nitrogens is 2. The maximum absolute atomic E-state index is 12.1. The van der Waals surface area contributed by atoms with Crippen molar-refractivity contribution in [2.24, 2.45) is 5.73 Å². The Kier molecular flexibility index (Phi) is 2.40. The summed E-state index contributed by atoms with van der Waals surface area (Å²) in [7, 11) is 0. The van der Waals surface area contributed by atoms with Gasteiger partial charge in [0, 0.05) is 6.54 Å². The van der Waals surface area contributed by atoms with Crippen LogP contribution in [0.2, 0.25) is 5.02 Å². The van der Waals surface area contributed by atoms with Gasteiger partial charge in [0.15, 0.2) is 5.69 Å². The first-order valence-corrected chi connectivity index (χ1v) is 3.55. The van der Waals surface area contributed by atoms with Gasteiger partial charge in [0.25, 0.3) is 0 Å². The topological polar surface area (TPSA) is 69.9 Å². The largest absolute Gasteiger partial charge is 0.436 e. The zero-order valence-corrected chi connectivity index (χ0v) is 7.02. The Morgan fingerprint density at radius 1 is 1.46 bits per heavy atom. The van der Waals surface area contributed by atoms with Gasteiger partial charge in [-0.2, -0.15) is 18.0 Å². The van der Waals surface area contributed by atoms with E-state index in [1.54, 1.807) is 0 Å². The van der Waals surface area contributed by atoms with Crippen LogP contribution in [0.5, 0.6) is 0 Å². The number of hydrogen-bond donors (Lipinski definition) is 2. The van der Waals surface area contributed by atoms with Crippen molar-refractivity contribution >= 4 is 11.6 Å². The molecule has 74 valence electrons. The van der Waals surface area contributed by atoms with Crippen LogP contribution < -0.4 is 11.6 Å². The standard InChI is InChI=1S/C5H6ClF3N4/c6-3-2(1-10)13(11)12-4(3)5(7,8)9/h1,10-11H2. The van der Waals surface area contributed by atoms with Crippen LogP contribution in [-0.4, -0.2) is 9.89 Å². The van der Waals surface area contributed by atoms with E-state index in [4.69, 9.17) is 23.2 Å². The highest BCUT2D eigenvalue weighted by Gasteiger charge is 2.38. The molecule has 0 aromatic carbocycles.